The molecule has 0 aliphatic heterocycles. The second-order valence-corrected chi connectivity index (χ2v) is 6.85. The highest BCUT2D eigenvalue weighted by molar-refractivity contribution is 6.31. The van der Waals surface area contributed by atoms with Gasteiger partial charge in [0.15, 0.2) is 0 Å². The van der Waals surface area contributed by atoms with E-state index in [1.165, 1.54) is 10.6 Å². The molecular formula is C21H26ClN3O3. The molecule has 0 spiro atoms. The standard InChI is InChI=1S/C21H26ClN3O3/c1-3-24(4-2)20(27)11-7-10-19(26)23-17-12-13-21(28)25(15-17)14-16-8-5-6-9-18(16)22/h5-6,8-9,12-13,15H,3-4,7,10-11,14H2,1-2H3,(H,23,26). The number of hydrogen-bond donors (Lipinski definition) is 1. The van der Waals surface area contributed by atoms with Crippen molar-refractivity contribution in [3.05, 3.63) is 63.5 Å². The first-order valence-electron chi connectivity index (χ1n) is 9.46. The molecule has 1 heterocycles. The van der Waals surface area contributed by atoms with E-state index in [-0.39, 0.29) is 23.8 Å². The molecule has 6 nitrogen and oxygen atoms in total. The van der Waals surface area contributed by atoms with Crippen molar-refractivity contribution in [2.45, 2.75) is 39.7 Å². The van der Waals surface area contributed by atoms with Crippen molar-refractivity contribution in [3.63, 3.8) is 0 Å². The van der Waals surface area contributed by atoms with Gasteiger partial charge >= 0.3 is 0 Å². The molecule has 1 N–H and O–H groups in total. The second-order valence-electron chi connectivity index (χ2n) is 6.44. The third-order valence-corrected chi connectivity index (χ3v) is 4.85. The van der Waals surface area contributed by atoms with E-state index >= 15 is 0 Å². The number of amides is 2. The lowest BCUT2D eigenvalue weighted by Crippen LogP contribution is -2.30. The quantitative estimate of drug-likeness (QED) is 0.696. The SMILES string of the molecule is CCN(CC)C(=O)CCCC(=O)Nc1ccc(=O)n(Cc2ccccc2Cl)c1. The highest BCUT2D eigenvalue weighted by atomic mass is 35.5. The van der Waals surface area contributed by atoms with Gasteiger partial charge in [-0.05, 0) is 38.0 Å². The van der Waals surface area contributed by atoms with Gasteiger partial charge < -0.3 is 14.8 Å². The molecule has 2 aromatic rings. The minimum Gasteiger partial charge on any atom is -0.343 e. The molecule has 2 amide bonds. The Bertz CT molecular complexity index is 875. The summed E-state index contributed by atoms with van der Waals surface area (Å²) in [5, 5.41) is 3.37. The van der Waals surface area contributed by atoms with Crippen LogP contribution in [0.15, 0.2) is 47.4 Å². The van der Waals surface area contributed by atoms with E-state index in [0.717, 1.165) is 5.56 Å². The van der Waals surface area contributed by atoms with E-state index in [9.17, 15) is 14.4 Å². The van der Waals surface area contributed by atoms with E-state index in [0.29, 0.717) is 43.2 Å². The Morgan fingerprint density at radius 2 is 1.79 bits per heavy atom. The number of nitrogens with zero attached hydrogens (tertiary/aromatic N) is 2. The predicted molar refractivity (Wildman–Crippen MR) is 112 cm³/mol. The van der Waals surface area contributed by atoms with Gasteiger partial charge in [0.05, 0.1) is 12.2 Å². The van der Waals surface area contributed by atoms with Crippen molar-refractivity contribution < 1.29 is 9.59 Å². The number of hydrogen-bond acceptors (Lipinski definition) is 3. The molecule has 0 fully saturated rings. The summed E-state index contributed by atoms with van der Waals surface area (Å²) in [4.78, 5) is 38.0. The molecule has 0 aliphatic carbocycles. The fraction of sp³-hybridized carbons (Fsp3) is 0.381. The van der Waals surface area contributed by atoms with Gasteiger partial charge in [-0.3, -0.25) is 14.4 Å². The van der Waals surface area contributed by atoms with Crippen LogP contribution in [0.4, 0.5) is 5.69 Å². The summed E-state index contributed by atoms with van der Waals surface area (Å²) in [5.41, 5.74) is 1.18. The third kappa shape index (κ3) is 6.23. The summed E-state index contributed by atoms with van der Waals surface area (Å²) in [6, 6.07) is 10.3. The van der Waals surface area contributed by atoms with Crippen molar-refractivity contribution in [2.24, 2.45) is 0 Å². The summed E-state index contributed by atoms with van der Waals surface area (Å²) in [6.45, 7) is 5.54. The molecule has 7 heteroatoms. The van der Waals surface area contributed by atoms with E-state index in [2.05, 4.69) is 5.32 Å². The molecule has 150 valence electrons. The molecule has 0 unspecified atom stereocenters. The summed E-state index contributed by atoms with van der Waals surface area (Å²) < 4.78 is 1.50. The summed E-state index contributed by atoms with van der Waals surface area (Å²) in [7, 11) is 0. The van der Waals surface area contributed by atoms with Crippen LogP contribution in [0.1, 0.15) is 38.7 Å². The zero-order valence-corrected chi connectivity index (χ0v) is 17.0. The average molecular weight is 404 g/mol. The van der Waals surface area contributed by atoms with Gasteiger partial charge in [-0.15, -0.1) is 0 Å². The third-order valence-electron chi connectivity index (χ3n) is 4.48. The van der Waals surface area contributed by atoms with Crippen LogP contribution in [-0.4, -0.2) is 34.4 Å². The smallest absolute Gasteiger partial charge is 0.250 e. The van der Waals surface area contributed by atoms with Gasteiger partial charge in [0, 0.05) is 43.2 Å². The number of halogens is 1. The normalized spacial score (nSPS) is 10.5. The van der Waals surface area contributed by atoms with Crippen molar-refractivity contribution in [2.75, 3.05) is 18.4 Å². The summed E-state index contributed by atoms with van der Waals surface area (Å²) >= 11 is 6.16. The van der Waals surface area contributed by atoms with E-state index in [1.807, 2.05) is 32.0 Å². The highest BCUT2D eigenvalue weighted by Gasteiger charge is 2.11. The van der Waals surface area contributed by atoms with Crippen LogP contribution in [0.25, 0.3) is 0 Å². The molecule has 0 aliphatic rings. The fourth-order valence-electron chi connectivity index (χ4n) is 2.90. The Morgan fingerprint density at radius 3 is 2.46 bits per heavy atom. The van der Waals surface area contributed by atoms with Crippen LogP contribution in [0.3, 0.4) is 0 Å². The lowest BCUT2D eigenvalue weighted by Gasteiger charge is -2.18. The van der Waals surface area contributed by atoms with E-state index < -0.39 is 0 Å². The monoisotopic (exact) mass is 403 g/mol. The average Bonchev–Trinajstić information content (AvgIpc) is 2.67. The zero-order valence-electron chi connectivity index (χ0n) is 16.3. The molecular weight excluding hydrogens is 378 g/mol. The van der Waals surface area contributed by atoms with E-state index in [1.54, 1.807) is 23.2 Å². The first-order valence-corrected chi connectivity index (χ1v) is 9.83. The lowest BCUT2D eigenvalue weighted by molar-refractivity contribution is -0.130. The number of pyridine rings is 1. The Labute approximate surface area is 170 Å². The molecule has 0 bridgehead atoms. The molecule has 0 radical (unpaired) electrons. The molecule has 0 atom stereocenters. The molecule has 0 saturated heterocycles. The molecule has 28 heavy (non-hydrogen) atoms. The van der Waals surface area contributed by atoms with Gasteiger partial charge in [0.25, 0.3) is 5.56 Å². The first kappa shape index (κ1) is 21.7. The predicted octanol–water partition coefficient (Wildman–Crippen LogP) is 3.53. The van der Waals surface area contributed by atoms with Gasteiger partial charge in [0.1, 0.15) is 0 Å². The highest BCUT2D eigenvalue weighted by Crippen LogP contribution is 2.16. The topological polar surface area (TPSA) is 71.4 Å². The molecule has 1 aromatic heterocycles. The molecule has 0 saturated carbocycles. The maximum Gasteiger partial charge on any atom is 0.250 e. The largest absolute Gasteiger partial charge is 0.343 e. The fourth-order valence-corrected chi connectivity index (χ4v) is 3.09. The van der Waals surface area contributed by atoms with Crippen LogP contribution in [-0.2, 0) is 16.1 Å². The molecule has 1 aromatic carbocycles. The number of carbonyl (C=O) groups is 2. The maximum absolute atomic E-state index is 12.2. The summed E-state index contributed by atoms with van der Waals surface area (Å²) in [6.07, 6.45) is 2.68. The Hall–Kier alpha value is -2.60. The van der Waals surface area contributed by atoms with Crippen LogP contribution >= 0.6 is 11.6 Å². The van der Waals surface area contributed by atoms with Crippen molar-refractivity contribution in [1.29, 1.82) is 0 Å². The number of benzene rings is 1. The number of anilines is 1. The van der Waals surface area contributed by atoms with Gasteiger partial charge in [-0.25, -0.2) is 0 Å². The Kier molecular flexibility index (Phi) is 8.26. The van der Waals surface area contributed by atoms with Crippen LogP contribution in [0, 0.1) is 0 Å². The lowest BCUT2D eigenvalue weighted by atomic mass is 10.2. The van der Waals surface area contributed by atoms with Crippen LogP contribution < -0.4 is 10.9 Å². The minimum atomic E-state index is -0.185. The van der Waals surface area contributed by atoms with E-state index in [4.69, 9.17) is 11.6 Å². The van der Waals surface area contributed by atoms with Crippen LogP contribution in [0.5, 0.6) is 0 Å². The van der Waals surface area contributed by atoms with Crippen molar-refractivity contribution in [1.82, 2.24) is 9.47 Å². The number of carbonyl (C=O) groups excluding carboxylic acids is 2. The van der Waals surface area contributed by atoms with Crippen molar-refractivity contribution >= 4 is 29.1 Å². The van der Waals surface area contributed by atoms with Gasteiger partial charge in [-0.1, -0.05) is 29.8 Å². The maximum atomic E-state index is 12.2. The number of nitrogens with one attached hydrogen (secondary N) is 1. The minimum absolute atomic E-state index is 0.0612. The summed E-state index contributed by atoms with van der Waals surface area (Å²) in [5.74, 6) is -0.124. The Balaban J connectivity index is 1.93. The number of aromatic nitrogens is 1. The van der Waals surface area contributed by atoms with Crippen molar-refractivity contribution in [3.8, 4) is 0 Å². The zero-order chi connectivity index (χ0) is 20.5. The second kappa shape index (κ2) is 10.7. The van der Waals surface area contributed by atoms with Gasteiger partial charge in [-0.2, -0.15) is 0 Å². The first-order chi connectivity index (χ1) is 13.4. The molecule has 2 rings (SSSR count). The van der Waals surface area contributed by atoms with Gasteiger partial charge in [0.2, 0.25) is 11.8 Å². The number of rotatable bonds is 9. The Morgan fingerprint density at radius 1 is 1.07 bits per heavy atom. The van der Waals surface area contributed by atoms with Crippen LogP contribution in [0.2, 0.25) is 5.02 Å².